The largest absolute Gasteiger partial charge is 0.494 e. The molecule has 76 valence electrons. The van der Waals surface area contributed by atoms with E-state index in [0.717, 1.165) is 0 Å². The van der Waals surface area contributed by atoms with Crippen LogP contribution >= 0.6 is 28.6 Å². The predicted molar refractivity (Wildman–Crippen MR) is 59.3 cm³/mol. The lowest BCUT2D eigenvalue weighted by molar-refractivity contribution is 0.0600. The zero-order valence-electron chi connectivity index (χ0n) is 7.70. The Morgan fingerprint density at radius 2 is 2.07 bits per heavy atom. The molecule has 0 aliphatic heterocycles. The Morgan fingerprint density at radius 1 is 1.43 bits per heavy atom. The SMILES string of the molecule is COC(=O)c1cc(S)c(OC)c(Br)c1. The van der Waals surface area contributed by atoms with Gasteiger partial charge in [0.25, 0.3) is 0 Å². The maximum atomic E-state index is 11.2. The lowest BCUT2D eigenvalue weighted by Gasteiger charge is -2.08. The van der Waals surface area contributed by atoms with Gasteiger partial charge in [-0.3, -0.25) is 0 Å². The highest BCUT2D eigenvalue weighted by Gasteiger charge is 2.12. The van der Waals surface area contributed by atoms with E-state index in [2.05, 4.69) is 33.3 Å². The first-order valence-corrected chi connectivity index (χ1v) is 4.99. The Kier molecular flexibility index (Phi) is 3.83. The summed E-state index contributed by atoms with van der Waals surface area (Å²) in [5.74, 6) is 0.199. The summed E-state index contributed by atoms with van der Waals surface area (Å²) in [6, 6.07) is 3.23. The molecule has 5 heteroatoms. The normalized spacial score (nSPS) is 9.71. The summed E-state index contributed by atoms with van der Waals surface area (Å²) in [5.41, 5.74) is 0.435. The summed E-state index contributed by atoms with van der Waals surface area (Å²) < 4.78 is 10.3. The van der Waals surface area contributed by atoms with Crippen molar-refractivity contribution in [2.45, 2.75) is 4.90 Å². The number of hydrogen-bond donors (Lipinski definition) is 1. The molecular weight excluding hydrogens is 268 g/mol. The van der Waals surface area contributed by atoms with Gasteiger partial charge in [0.2, 0.25) is 0 Å². The third kappa shape index (κ3) is 2.22. The number of halogens is 1. The Balaban J connectivity index is 3.20. The molecule has 0 N–H and O–H groups in total. The van der Waals surface area contributed by atoms with Crippen LogP contribution in [0.4, 0.5) is 0 Å². The number of esters is 1. The second kappa shape index (κ2) is 4.70. The van der Waals surface area contributed by atoms with E-state index >= 15 is 0 Å². The third-order valence-corrected chi connectivity index (χ3v) is 2.57. The number of ether oxygens (including phenoxy) is 2. The van der Waals surface area contributed by atoms with Gasteiger partial charge in [-0.1, -0.05) is 0 Å². The molecule has 1 rings (SSSR count). The van der Waals surface area contributed by atoms with Crippen LogP contribution in [0.5, 0.6) is 5.75 Å². The number of hydrogen-bond acceptors (Lipinski definition) is 4. The van der Waals surface area contributed by atoms with Crippen molar-refractivity contribution in [1.82, 2.24) is 0 Å². The van der Waals surface area contributed by atoms with Crippen LogP contribution in [0.25, 0.3) is 0 Å². The minimum absolute atomic E-state index is 0.399. The summed E-state index contributed by atoms with van der Waals surface area (Å²) in [6.45, 7) is 0. The van der Waals surface area contributed by atoms with Gasteiger partial charge < -0.3 is 9.47 Å². The molecule has 0 amide bonds. The van der Waals surface area contributed by atoms with Crippen LogP contribution in [0, 0.1) is 0 Å². The van der Waals surface area contributed by atoms with E-state index in [1.165, 1.54) is 14.2 Å². The minimum Gasteiger partial charge on any atom is -0.494 e. The van der Waals surface area contributed by atoms with E-state index in [1.807, 2.05) is 0 Å². The van der Waals surface area contributed by atoms with E-state index in [9.17, 15) is 4.79 Å². The number of methoxy groups -OCH3 is 2. The van der Waals surface area contributed by atoms with Crippen LogP contribution in [-0.2, 0) is 4.74 Å². The monoisotopic (exact) mass is 276 g/mol. The topological polar surface area (TPSA) is 35.5 Å². The molecule has 14 heavy (non-hydrogen) atoms. The maximum Gasteiger partial charge on any atom is 0.337 e. The summed E-state index contributed by atoms with van der Waals surface area (Å²) in [7, 11) is 2.87. The van der Waals surface area contributed by atoms with Gasteiger partial charge in [-0.05, 0) is 28.1 Å². The molecule has 0 aliphatic carbocycles. The molecule has 0 atom stereocenters. The molecular formula is C9H9BrO3S. The lowest BCUT2D eigenvalue weighted by Crippen LogP contribution is -2.01. The fourth-order valence-electron chi connectivity index (χ4n) is 1.02. The van der Waals surface area contributed by atoms with E-state index in [0.29, 0.717) is 20.7 Å². The van der Waals surface area contributed by atoms with Crippen molar-refractivity contribution >= 4 is 34.5 Å². The maximum absolute atomic E-state index is 11.2. The zero-order chi connectivity index (χ0) is 10.7. The molecule has 3 nitrogen and oxygen atoms in total. The Bertz CT molecular complexity index is 342. The Hall–Kier alpha value is -0.680. The summed E-state index contributed by atoms with van der Waals surface area (Å²) >= 11 is 7.46. The molecule has 0 bridgehead atoms. The Morgan fingerprint density at radius 3 is 2.50 bits per heavy atom. The van der Waals surface area contributed by atoms with Crippen LogP contribution in [-0.4, -0.2) is 20.2 Å². The van der Waals surface area contributed by atoms with Crippen molar-refractivity contribution in [3.63, 3.8) is 0 Å². The summed E-state index contributed by atoms with van der Waals surface area (Å²) in [6.07, 6.45) is 0. The molecule has 1 aromatic rings. The second-order valence-corrected chi connectivity index (χ2v) is 3.84. The van der Waals surface area contributed by atoms with Crippen LogP contribution in [0.15, 0.2) is 21.5 Å². The highest BCUT2D eigenvalue weighted by molar-refractivity contribution is 9.10. The Labute approximate surface area is 95.9 Å². The second-order valence-electron chi connectivity index (χ2n) is 2.50. The van der Waals surface area contributed by atoms with Gasteiger partial charge in [0.05, 0.1) is 24.3 Å². The van der Waals surface area contributed by atoms with Crippen molar-refractivity contribution in [3.05, 3.63) is 22.2 Å². The zero-order valence-corrected chi connectivity index (χ0v) is 10.2. The number of rotatable bonds is 2. The van der Waals surface area contributed by atoms with Crippen LogP contribution in [0.1, 0.15) is 10.4 Å². The first-order chi connectivity index (χ1) is 6.60. The minimum atomic E-state index is -0.399. The molecule has 0 saturated heterocycles. The van der Waals surface area contributed by atoms with Gasteiger partial charge in [-0.2, -0.15) is 0 Å². The molecule has 0 fully saturated rings. The average Bonchev–Trinajstić information content (AvgIpc) is 2.16. The van der Waals surface area contributed by atoms with Crippen LogP contribution in [0.2, 0.25) is 0 Å². The van der Waals surface area contributed by atoms with Gasteiger partial charge in [-0.15, -0.1) is 12.6 Å². The molecule has 0 radical (unpaired) electrons. The van der Waals surface area contributed by atoms with Crippen LogP contribution < -0.4 is 4.74 Å². The number of benzene rings is 1. The molecule has 0 aromatic heterocycles. The van der Waals surface area contributed by atoms with E-state index in [-0.39, 0.29) is 0 Å². The summed E-state index contributed by atoms with van der Waals surface area (Å²) in [5, 5.41) is 0. The smallest absolute Gasteiger partial charge is 0.337 e. The number of carbonyl (C=O) groups excluding carboxylic acids is 1. The lowest BCUT2D eigenvalue weighted by atomic mass is 10.2. The molecule has 0 unspecified atom stereocenters. The van der Waals surface area contributed by atoms with Crippen molar-refractivity contribution < 1.29 is 14.3 Å². The van der Waals surface area contributed by atoms with E-state index in [4.69, 9.17) is 4.74 Å². The highest BCUT2D eigenvalue weighted by Crippen LogP contribution is 2.32. The fraction of sp³-hybridized carbons (Fsp3) is 0.222. The van der Waals surface area contributed by atoms with Gasteiger partial charge in [0.15, 0.2) is 0 Å². The standard InChI is InChI=1S/C9H9BrO3S/c1-12-8-6(10)3-5(4-7(8)14)9(11)13-2/h3-4,14H,1-2H3. The summed E-state index contributed by atoms with van der Waals surface area (Å²) in [4.78, 5) is 11.8. The molecule has 1 aromatic carbocycles. The van der Waals surface area contributed by atoms with Gasteiger partial charge >= 0.3 is 5.97 Å². The van der Waals surface area contributed by atoms with Gasteiger partial charge in [0, 0.05) is 4.90 Å². The fourth-order valence-corrected chi connectivity index (χ4v) is 2.14. The van der Waals surface area contributed by atoms with E-state index in [1.54, 1.807) is 12.1 Å². The third-order valence-electron chi connectivity index (χ3n) is 1.65. The van der Waals surface area contributed by atoms with Crippen molar-refractivity contribution in [1.29, 1.82) is 0 Å². The average molecular weight is 277 g/mol. The number of carbonyl (C=O) groups is 1. The first kappa shape index (κ1) is 11.4. The van der Waals surface area contributed by atoms with Crippen molar-refractivity contribution in [2.75, 3.05) is 14.2 Å². The molecule has 0 heterocycles. The quantitative estimate of drug-likeness (QED) is 0.666. The van der Waals surface area contributed by atoms with Gasteiger partial charge in [-0.25, -0.2) is 4.79 Å². The van der Waals surface area contributed by atoms with Gasteiger partial charge in [0.1, 0.15) is 5.75 Å². The number of thiol groups is 1. The highest BCUT2D eigenvalue weighted by atomic mass is 79.9. The molecule has 0 spiro atoms. The van der Waals surface area contributed by atoms with E-state index < -0.39 is 5.97 Å². The first-order valence-electron chi connectivity index (χ1n) is 3.75. The molecule has 0 aliphatic rings. The molecule has 0 saturated carbocycles. The predicted octanol–water partition coefficient (Wildman–Crippen LogP) is 2.53. The van der Waals surface area contributed by atoms with Crippen molar-refractivity contribution in [3.8, 4) is 5.75 Å². The van der Waals surface area contributed by atoms with Crippen LogP contribution in [0.3, 0.4) is 0 Å². The van der Waals surface area contributed by atoms with Crippen molar-refractivity contribution in [2.24, 2.45) is 0 Å².